The number of likely N-dealkylation sites (N-methyl/N-ethyl adjacent to an activating group) is 1. The minimum Gasteiger partial charge on any atom is -0.312 e. The average Bonchev–Trinajstić information content (AvgIpc) is 2.64. The zero-order valence-electron chi connectivity index (χ0n) is 16.7. The molecule has 2 aromatic carbocycles. The summed E-state index contributed by atoms with van der Waals surface area (Å²) in [5, 5.41) is 3.37. The van der Waals surface area contributed by atoms with Gasteiger partial charge in [0.1, 0.15) is 0 Å². The lowest BCUT2D eigenvalue weighted by Crippen LogP contribution is -2.26. The van der Waals surface area contributed by atoms with E-state index in [9.17, 15) is 0 Å². The van der Waals surface area contributed by atoms with Gasteiger partial charge in [0.05, 0.1) is 0 Å². The lowest BCUT2D eigenvalue weighted by molar-refractivity contribution is 0.312. The third kappa shape index (κ3) is 5.17. The van der Waals surface area contributed by atoms with Crippen molar-refractivity contribution in [2.45, 2.75) is 53.6 Å². The van der Waals surface area contributed by atoms with Gasteiger partial charge in [-0.1, -0.05) is 50.2 Å². The van der Waals surface area contributed by atoms with Crippen LogP contribution < -0.4 is 5.32 Å². The molecule has 0 unspecified atom stereocenters. The molecule has 2 nitrogen and oxygen atoms in total. The number of hydrogen-bond acceptors (Lipinski definition) is 2. The zero-order valence-corrected chi connectivity index (χ0v) is 16.7. The number of rotatable bonds is 0. The molecular weight excluding hydrogens is 304 g/mol. The Hall–Kier alpha value is -1.64. The van der Waals surface area contributed by atoms with Crippen molar-refractivity contribution in [3.8, 4) is 0 Å². The Kier molecular flexibility index (Phi) is 7.67. The Labute approximate surface area is 154 Å². The summed E-state index contributed by atoms with van der Waals surface area (Å²) in [5.74, 6) is 0. The lowest BCUT2D eigenvalue weighted by Gasteiger charge is -2.25. The van der Waals surface area contributed by atoms with E-state index in [1.54, 1.807) is 11.1 Å². The average molecular weight is 339 g/mol. The molecule has 4 rings (SSSR count). The van der Waals surface area contributed by atoms with Crippen LogP contribution in [0.2, 0.25) is 0 Å². The molecule has 0 bridgehead atoms. The minimum absolute atomic E-state index is 1.05. The number of hydrogen-bond donors (Lipinski definition) is 1. The highest BCUT2D eigenvalue weighted by Gasteiger charge is 2.13. The predicted molar refractivity (Wildman–Crippen MR) is 109 cm³/mol. The fraction of sp³-hybridized carbons (Fsp3) is 0.478. The number of aryl methyl sites for hydroxylation is 2. The van der Waals surface area contributed by atoms with Crippen molar-refractivity contribution < 1.29 is 0 Å². The van der Waals surface area contributed by atoms with Crippen LogP contribution in [0.4, 0.5) is 0 Å². The van der Waals surface area contributed by atoms with Crippen LogP contribution in [0.15, 0.2) is 36.4 Å². The number of nitrogens with one attached hydrogen (secondary N) is 1. The third-order valence-electron chi connectivity index (χ3n) is 5.07. The second-order valence-corrected chi connectivity index (χ2v) is 6.84. The fourth-order valence-electron chi connectivity index (χ4n) is 3.66. The van der Waals surface area contributed by atoms with E-state index < -0.39 is 0 Å². The van der Waals surface area contributed by atoms with Crippen LogP contribution in [0.3, 0.4) is 0 Å². The first-order valence-electron chi connectivity index (χ1n) is 9.69. The highest BCUT2D eigenvalue weighted by atomic mass is 15.1. The lowest BCUT2D eigenvalue weighted by atomic mass is 9.96. The summed E-state index contributed by atoms with van der Waals surface area (Å²) in [6.07, 6.45) is 2.42. The zero-order chi connectivity index (χ0) is 18.2. The second kappa shape index (κ2) is 9.74. The van der Waals surface area contributed by atoms with Crippen molar-refractivity contribution in [2.24, 2.45) is 0 Å². The fourth-order valence-corrected chi connectivity index (χ4v) is 3.66. The van der Waals surface area contributed by atoms with Gasteiger partial charge in [0.25, 0.3) is 0 Å². The third-order valence-corrected chi connectivity index (χ3v) is 5.07. The predicted octanol–water partition coefficient (Wildman–Crippen LogP) is 4.65. The van der Waals surface area contributed by atoms with Crippen LogP contribution in [0.5, 0.6) is 0 Å². The van der Waals surface area contributed by atoms with E-state index in [2.05, 4.69) is 67.5 Å². The normalized spacial score (nSPS) is 15.7. The molecule has 2 aliphatic rings. The van der Waals surface area contributed by atoms with E-state index in [4.69, 9.17) is 0 Å². The van der Waals surface area contributed by atoms with E-state index in [-0.39, 0.29) is 0 Å². The maximum atomic E-state index is 3.37. The molecule has 2 heteroatoms. The molecule has 136 valence electrons. The summed E-state index contributed by atoms with van der Waals surface area (Å²) in [6, 6.07) is 13.2. The van der Waals surface area contributed by atoms with Crippen molar-refractivity contribution in [3.05, 3.63) is 69.8 Å². The van der Waals surface area contributed by atoms with Gasteiger partial charge in [-0.15, -0.1) is 0 Å². The Balaban J connectivity index is 0.000000165. The molecule has 25 heavy (non-hydrogen) atoms. The molecule has 2 aromatic rings. The first-order valence-corrected chi connectivity index (χ1v) is 9.69. The SMILES string of the molecule is CC.Cc1cccc2c1CCN(C)C2.Cc1cccc2c1CCNC2. The largest absolute Gasteiger partial charge is 0.312 e. The highest BCUT2D eigenvalue weighted by Crippen LogP contribution is 2.20. The van der Waals surface area contributed by atoms with Gasteiger partial charge in [0.15, 0.2) is 0 Å². The minimum atomic E-state index is 1.05. The van der Waals surface area contributed by atoms with E-state index in [0.717, 1.165) is 19.6 Å². The van der Waals surface area contributed by atoms with Crippen molar-refractivity contribution in [3.63, 3.8) is 0 Å². The van der Waals surface area contributed by atoms with E-state index in [1.165, 1.54) is 41.6 Å². The van der Waals surface area contributed by atoms with Crippen LogP contribution in [0, 0.1) is 13.8 Å². The van der Waals surface area contributed by atoms with Gasteiger partial charge in [-0.05, 0) is 73.7 Å². The molecule has 0 fully saturated rings. The standard InChI is InChI=1S/C11H15N.C10H13N.C2H6/c1-9-4-3-5-10-8-12(2)7-6-11(9)10;1-8-3-2-4-9-7-11-6-5-10(8)9;1-2/h3-5H,6-8H2,1-2H3;2-4,11H,5-7H2,1H3;1-2H3. The highest BCUT2D eigenvalue weighted by molar-refractivity contribution is 5.36. The molecular formula is C23H34N2. The van der Waals surface area contributed by atoms with Gasteiger partial charge in [0.2, 0.25) is 0 Å². The summed E-state index contributed by atoms with van der Waals surface area (Å²) in [4.78, 5) is 2.38. The van der Waals surface area contributed by atoms with E-state index >= 15 is 0 Å². The van der Waals surface area contributed by atoms with Crippen molar-refractivity contribution in [2.75, 3.05) is 20.1 Å². The Bertz CT molecular complexity index is 676. The smallest absolute Gasteiger partial charge is 0.0233 e. The molecule has 0 spiro atoms. The second-order valence-electron chi connectivity index (χ2n) is 6.84. The van der Waals surface area contributed by atoms with Gasteiger partial charge in [0, 0.05) is 19.6 Å². The maximum Gasteiger partial charge on any atom is 0.0233 e. The molecule has 0 atom stereocenters. The van der Waals surface area contributed by atoms with Crippen molar-refractivity contribution >= 4 is 0 Å². The topological polar surface area (TPSA) is 15.3 Å². The number of benzene rings is 2. The quantitative estimate of drug-likeness (QED) is 0.752. The van der Waals surface area contributed by atoms with Gasteiger partial charge < -0.3 is 10.2 Å². The first kappa shape index (κ1) is 19.7. The van der Waals surface area contributed by atoms with Crippen LogP contribution in [0.1, 0.15) is 47.2 Å². The maximum absolute atomic E-state index is 3.37. The van der Waals surface area contributed by atoms with Gasteiger partial charge in [-0.3, -0.25) is 0 Å². The molecule has 0 saturated heterocycles. The molecule has 0 radical (unpaired) electrons. The molecule has 0 saturated carbocycles. The van der Waals surface area contributed by atoms with Crippen LogP contribution in [0.25, 0.3) is 0 Å². The van der Waals surface area contributed by atoms with Crippen molar-refractivity contribution in [1.29, 1.82) is 0 Å². The summed E-state index contributed by atoms with van der Waals surface area (Å²) < 4.78 is 0. The molecule has 2 aliphatic heterocycles. The summed E-state index contributed by atoms with van der Waals surface area (Å²) >= 11 is 0. The van der Waals surface area contributed by atoms with Gasteiger partial charge in [-0.2, -0.15) is 0 Å². The van der Waals surface area contributed by atoms with E-state index in [1.807, 2.05) is 13.8 Å². The molecule has 2 heterocycles. The van der Waals surface area contributed by atoms with E-state index in [0.29, 0.717) is 0 Å². The molecule has 0 aromatic heterocycles. The Morgan fingerprint density at radius 2 is 1.44 bits per heavy atom. The molecule has 0 aliphatic carbocycles. The number of fused-ring (bicyclic) bond motifs is 2. The van der Waals surface area contributed by atoms with Crippen LogP contribution >= 0.6 is 0 Å². The Morgan fingerprint density at radius 1 is 0.840 bits per heavy atom. The Morgan fingerprint density at radius 3 is 2.08 bits per heavy atom. The monoisotopic (exact) mass is 338 g/mol. The first-order chi connectivity index (χ1) is 12.1. The molecule has 1 N–H and O–H groups in total. The van der Waals surface area contributed by atoms with Gasteiger partial charge >= 0.3 is 0 Å². The molecule has 0 amide bonds. The summed E-state index contributed by atoms with van der Waals surface area (Å²) in [6.45, 7) is 12.9. The number of nitrogens with zero attached hydrogens (tertiary/aromatic N) is 1. The van der Waals surface area contributed by atoms with Gasteiger partial charge in [-0.25, -0.2) is 0 Å². The summed E-state index contributed by atoms with van der Waals surface area (Å²) in [7, 11) is 2.19. The van der Waals surface area contributed by atoms with Crippen LogP contribution in [-0.4, -0.2) is 25.0 Å². The summed E-state index contributed by atoms with van der Waals surface area (Å²) in [5.41, 5.74) is 9.05. The van der Waals surface area contributed by atoms with Crippen molar-refractivity contribution in [1.82, 2.24) is 10.2 Å². The van der Waals surface area contributed by atoms with Crippen LogP contribution in [-0.2, 0) is 25.9 Å².